The molecular weight excluding hydrogens is 380 g/mol. The highest BCUT2D eigenvalue weighted by Gasteiger charge is 2.18. The standard InChI is InChI=1S/C16H9ClN4O4S/c17-11-2-4-12(5-3-11)24-9-15-19-20-16(25-15)26-14-7-10(8-18)1-6-13(14)21(22)23/h1-7H,9H2. The molecule has 0 saturated carbocycles. The summed E-state index contributed by atoms with van der Waals surface area (Å²) in [5, 5.41) is 28.4. The van der Waals surface area contributed by atoms with Crippen LogP contribution in [0.1, 0.15) is 11.5 Å². The molecule has 0 fully saturated rings. The zero-order valence-corrected chi connectivity index (χ0v) is 14.5. The van der Waals surface area contributed by atoms with Gasteiger partial charge in [-0.2, -0.15) is 5.26 Å². The summed E-state index contributed by atoms with van der Waals surface area (Å²) in [4.78, 5) is 10.8. The van der Waals surface area contributed by atoms with E-state index in [0.717, 1.165) is 11.8 Å². The Kier molecular flexibility index (Phi) is 5.36. The largest absolute Gasteiger partial charge is 0.484 e. The number of ether oxygens (including phenoxy) is 1. The van der Waals surface area contributed by atoms with Gasteiger partial charge in [-0.1, -0.05) is 11.6 Å². The van der Waals surface area contributed by atoms with Crippen LogP contribution in [0.2, 0.25) is 5.02 Å². The molecule has 130 valence electrons. The lowest BCUT2D eigenvalue weighted by Crippen LogP contribution is -1.95. The summed E-state index contributed by atoms with van der Waals surface area (Å²) in [6.07, 6.45) is 0. The van der Waals surface area contributed by atoms with Crippen molar-refractivity contribution in [3.63, 3.8) is 0 Å². The number of rotatable bonds is 6. The van der Waals surface area contributed by atoms with Crippen molar-refractivity contribution in [2.45, 2.75) is 16.7 Å². The lowest BCUT2D eigenvalue weighted by molar-refractivity contribution is -0.387. The molecule has 0 saturated heterocycles. The van der Waals surface area contributed by atoms with Crippen molar-refractivity contribution in [1.29, 1.82) is 5.26 Å². The molecule has 0 amide bonds. The van der Waals surface area contributed by atoms with Crippen LogP contribution in [-0.2, 0) is 6.61 Å². The van der Waals surface area contributed by atoms with Gasteiger partial charge in [0.05, 0.1) is 21.5 Å². The quantitative estimate of drug-likeness (QED) is 0.455. The number of nitrogens with zero attached hydrogens (tertiary/aromatic N) is 4. The van der Waals surface area contributed by atoms with Crippen LogP contribution in [0.4, 0.5) is 5.69 Å². The minimum absolute atomic E-state index is 0.0372. The van der Waals surface area contributed by atoms with E-state index in [4.69, 9.17) is 26.0 Å². The fourth-order valence-corrected chi connectivity index (χ4v) is 2.89. The van der Waals surface area contributed by atoms with E-state index >= 15 is 0 Å². The molecule has 8 nitrogen and oxygen atoms in total. The molecule has 0 N–H and O–H groups in total. The molecule has 0 aliphatic carbocycles. The van der Waals surface area contributed by atoms with Gasteiger partial charge in [0.1, 0.15) is 5.75 Å². The first kappa shape index (κ1) is 17.7. The number of hydrogen-bond acceptors (Lipinski definition) is 8. The number of nitro benzene ring substituents is 1. The molecule has 3 aromatic rings. The Labute approximate surface area is 156 Å². The monoisotopic (exact) mass is 388 g/mol. The zero-order chi connectivity index (χ0) is 18.5. The normalized spacial score (nSPS) is 10.3. The van der Waals surface area contributed by atoms with Crippen molar-refractivity contribution >= 4 is 29.1 Å². The van der Waals surface area contributed by atoms with E-state index in [1.165, 1.54) is 18.2 Å². The Morgan fingerprint density at radius 3 is 2.73 bits per heavy atom. The molecule has 0 aliphatic rings. The van der Waals surface area contributed by atoms with E-state index in [1.807, 2.05) is 6.07 Å². The van der Waals surface area contributed by atoms with Crippen molar-refractivity contribution in [1.82, 2.24) is 10.2 Å². The summed E-state index contributed by atoms with van der Waals surface area (Å²) in [6, 6.07) is 12.8. The Balaban J connectivity index is 1.71. The third kappa shape index (κ3) is 4.30. The van der Waals surface area contributed by atoms with E-state index in [9.17, 15) is 10.1 Å². The molecule has 10 heteroatoms. The summed E-state index contributed by atoms with van der Waals surface area (Å²) in [5.74, 6) is 0.792. The van der Waals surface area contributed by atoms with Crippen LogP contribution in [0.5, 0.6) is 5.75 Å². The molecule has 0 aliphatic heterocycles. The zero-order valence-electron chi connectivity index (χ0n) is 13.0. The van der Waals surface area contributed by atoms with Crippen molar-refractivity contribution in [2.24, 2.45) is 0 Å². The molecule has 0 unspecified atom stereocenters. The van der Waals surface area contributed by atoms with Gasteiger partial charge < -0.3 is 9.15 Å². The highest BCUT2D eigenvalue weighted by atomic mass is 35.5. The maximum absolute atomic E-state index is 11.1. The van der Waals surface area contributed by atoms with Gasteiger partial charge in [-0.05, 0) is 48.2 Å². The first-order chi connectivity index (χ1) is 12.5. The summed E-state index contributed by atoms with van der Waals surface area (Å²) >= 11 is 6.71. The number of aromatic nitrogens is 2. The summed E-state index contributed by atoms with van der Waals surface area (Å²) < 4.78 is 10.9. The van der Waals surface area contributed by atoms with E-state index in [0.29, 0.717) is 16.3 Å². The summed E-state index contributed by atoms with van der Waals surface area (Å²) in [7, 11) is 0. The Bertz CT molecular complexity index is 985. The SMILES string of the molecule is N#Cc1ccc([N+](=O)[O-])c(Sc2nnc(COc3ccc(Cl)cc3)o2)c1. The van der Waals surface area contributed by atoms with Gasteiger partial charge in [-0.25, -0.2) is 0 Å². The lowest BCUT2D eigenvalue weighted by atomic mass is 10.2. The number of benzene rings is 2. The highest BCUT2D eigenvalue weighted by Crippen LogP contribution is 2.34. The molecule has 1 aromatic heterocycles. The van der Waals surface area contributed by atoms with Crippen LogP contribution in [0.25, 0.3) is 0 Å². The van der Waals surface area contributed by atoms with Crippen molar-refractivity contribution in [3.05, 3.63) is 69.1 Å². The van der Waals surface area contributed by atoms with Gasteiger partial charge in [0.2, 0.25) is 0 Å². The van der Waals surface area contributed by atoms with Crippen molar-refractivity contribution in [2.75, 3.05) is 0 Å². The predicted octanol–water partition coefficient (Wildman–Crippen LogP) is 4.23. The molecular formula is C16H9ClN4O4S. The van der Waals surface area contributed by atoms with Crippen LogP contribution in [0, 0.1) is 21.4 Å². The molecule has 0 radical (unpaired) electrons. The van der Waals surface area contributed by atoms with Crippen LogP contribution >= 0.6 is 23.4 Å². The van der Waals surface area contributed by atoms with Gasteiger partial charge in [-0.3, -0.25) is 10.1 Å². The van der Waals surface area contributed by atoms with Gasteiger partial charge in [0.15, 0.2) is 6.61 Å². The fraction of sp³-hybridized carbons (Fsp3) is 0.0625. The first-order valence-electron chi connectivity index (χ1n) is 7.12. The smallest absolute Gasteiger partial charge is 0.283 e. The van der Waals surface area contributed by atoms with Gasteiger partial charge in [0, 0.05) is 11.1 Å². The second-order valence-electron chi connectivity index (χ2n) is 4.86. The third-order valence-electron chi connectivity index (χ3n) is 3.11. The van der Waals surface area contributed by atoms with Gasteiger partial charge >= 0.3 is 0 Å². The van der Waals surface area contributed by atoms with Gasteiger partial charge in [0.25, 0.3) is 16.8 Å². The van der Waals surface area contributed by atoms with Crippen molar-refractivity contribution in [3.8, 4) is 11.8 Å². The van der Waals surface area contributed by atoms with E-state index in [2.05, 4.69) is 10.2 Å². The number of nitro groups is 1. The highest BCUT2D eigenvalue weighted by molar-refractivity contribution is 7.99. The van der Waals surface area contributed by atoms with Crippen LogP contribution in [0.15, 0.2) is 57.0 Å². The maximum Gasteiger partial charge on any atom is 0.283 e. The number of hydrogen-bond donors (Lipinski definition) is 0. The van der Waals surface area contributed by atoms with E-state index in [1.54, 1.807) is 24.3 Å². The second-order valence-corrected chi connectivity index (χ2v) is 6.29. The van der Waals surface area contributed by atoms with Crippen LogP contribution < -0.4 is 4.74 Å². The Morgan fingerprint density at radius 1 is 1.27 bits per heavy atom. The van der Waals surface area contributed by atoms with E-state index in [-0.39, 0.29) is 28.3 Å². The first-order valence-corrected chi connectivity index (χ1v) is 8.32. The molecule has 3 rings (SSSR count). The molecule has 0 bridgehead atoms. The topological polar surface area (TPSA) is 115 Å². The molecule has 0 atom stereocenters. The molecule has 2 aromatic carbocycles. The summed E-state index contributed by atoms with van der Waals surface area (Å²) in [6.45, 7) is 0.0372. The van der Waals surface area contributed by atoms with Crippen molar-refractivity contribution < 1.29 is 14.1 Å². The molecule has 0 spiro atoms. The molecule has 1 heterocycles. The average molecular weight is 389 g/mol. The van der Waals surface area contributed by atoms with Crippen LogP contribution in [-0.4, -0.2) is 15.1 Å². The predicted molar refractivity (Wildman–Crippen MR) is 92.0 cm³/mol. The number of nitriles is 1. The third-order valence-corrected chi connectivity index (χ3v) is 4.25. The maximum atomic E-state index is 11.1. The fourth-order valence-electron chi connectivity index (χ4n) is 1.92. The van der Waals surface area contributed by atoms with Crippen LogP contribution in [0.3, 0.4) is 0 Å². The lowest BCUT2D eigenvalue weighted by Gasteiger charge is -2.02. The minimum atomic E-state index is -0.537. The van der Waals surface area contributed by atoms with E-state index < -0.39 is 4.92 Å². The van der Waals surface area contributed by atoms with Gasteiger partial charge in [-0.15, -0.1) is 10.2 Å². The molecule has 26 heavy (non-hydrogen) atoms. The summed E-state index contributed by atoms with van der Waals surface area (Å²) in [5.41, 5.74) is 0.148. The number of halogens is 1. The second kappa shape index (κ2) is 7.86. The Morgan fingerprint density at radius 2 is 2.04 bits per heavy atom. The minimum Gasteiger partial charge on any atom is -0.484 e. The average Bonchev–Trinajstić information content (AvgIpc) is 3.08. The Hall–Kier alpha value is -3.09.